The number of carbonyl (C=O) groups excluding carboxylic acids is 1. The van der Waals surface area contributed by atoms with Gasteiger partial charge in [0.15, 0.2) is 0 Å². The van der Waals surface area contributed by atoms with Gasteiger partial charge in [-0.05, 0) is 41.6 Å². The predicted molar refractivity (Wildman–Crippen MR) is 116 cm³/mol. The smallest absolute Gasteiger partial charge is 0.324 e. The summed E-state index contributed by atoms with van der Waals surface area (Å²) >= 11 is 1.14. The molecule has 1 N–H and O–H groups in total. The van der Waals surface area contributed by atoms with Crippen LogP contribution in [0.4, 0.5) is 10.1 Å². The predicted octanol–water partition coefficient (Wildman–Crippen LogP) is 3.55. The lowest BCUT2D eigenvalue weighted by atomic mass is 10.1. The van der Waals surface area contributed by atoms with Crippen molar-refractivity contribution in [1.82, 2.24) is 9.13 Å². The fraction of sp³-hybridized carbons (Fsp3) is 0.136. The summed E-state index contributed by atoms with van der Waals surface area (Å²) in [6, 6.07) is 14.6. The van der Waals surface area contributed by atoms with E-state index in [2.05, 4.69) is 5.32 Å². The second-order valence-corrected chi connectivity index (χ2v) is 7.57. The van der Waals surface area contributed by atoms with Gasteiger partial charge in [0.1, 0.15) is 17.1 Å². The standard InChI is InChI=1S/C22H18FN3O3S/c1-2-14-7-3-5-9-16(14)24-19(27)13-25-18-11-12-30-20(18)21(28)26(22(25)29)17-10-6-4-8-15(17)23/h3-12H,2,13H2,1H3,(H,24,27). The number of nitrogens with one attached hydrogen (secondary N) is 1. The van der Waals surface area contributed by atoms with Crippen LogP contribution in [0.3, 0.4) is 0 Å². The first-order chi connectivity index (χ1) is 14.5. The second-order valence-electron chi connectivity index (χ2n) is 6.65. The molecule has 0 radical (unpaired) electrons. The molecule has 4 aromatic rings. The molecule has 0 unspecified atom stereocenters. The molecular formula is C22H18FN3O3S. The van der Waals surface area contributed by atoms with Crippen molar-refractivity contribution in [1.29, 1.82) is 0 Å². The molecule has 0 saturated carbocycles. The van der Waals surface area contributed by atoms with E-state index in [4.69, 9.17) is 0 Å². The number of anilines is 1. The molecule has 6 nitrogen and oxygen atoms in total. The van der Waals surface area contributed by atoms with Crippen LogP contribution in [0.2, 0.25) is 0 Å². The van der Waals surface area contributed by atoms with Crippen LogP contribution < -0.4 is 16.6 Å². The maximum Gasteiger partial charge on any atom is 0.336 e. The van der Waals surface area contributed by atoms with E-state index in [0.717, 1.165) is 27.9 Å². The SMILES string of the molecule is CCc1ccccc1NC(=O)Cn1c(=O)n(-c2ccccc2F)c(=O)c2sccc21. The summed E-state index contributed by atoms with van der Waals surface area (Å²) in [6.07, 6.45) is 0.739. The summed E-state index contributed by atoms with van der Waals surface area (Å²) in [5.41, 5.74) is 0.463. The zero-order valence-electron chi connectivity index (χ0n) is 16.1. The molecule has 2 aromatic heterocycles. The Kier molecular flexibility index (Phi) is 5.33. The number of hydrogen-bond acceptors (Lipinski definition) is 4. The molecule has 0 aliphatic heterocycles. The van der Waals surface area contributed by atoms with Gasteiger partial charge in [-0.3, -0.25) is 14.2 Å². The number of fused-ring (bicyclic) bond motifs is 1. The number of carbonyl (C=O) groups is 1. The Labute approximate surface area is 174 Å². The van der Waals surface area contributed by atoms with Crippen molar-refractivity contribution >= 4 is 33.1 Å². The minimum Gasteiger partial charge on any atom is -0.324 e. The monoisotopic (exact) mass is 423 g/mol. The third kappa shape index (κ3) is 3.46. The van der Waals surface area contributed by atoms with E-state index in [1.807, 2.05) is 25.1 Å². The molecule has 152 valence electrons. The van der Waals surface area contributed by atoms with Crippen molar-refractivity contribution in [2.75, 3.05) is 5.32 Å². The number of thiophene rings is 1. The van der Waals surface area contributed by atoms with E-state index in [0.29, 0.717) is 11.2 Å². The summed E-state index contributed by atoms with van der Waals surface area (Å²) < 4.78 is 16.6. The second kappa shape index (κ2) is 8.08. The summed E-state index contributed by atoms with van der Waals surface area (Å²) in [7, 11) is 0. The number of benzene rings is 2. The van der Waals surface area contributed by atoms with Gasteiger partial charge >= 0.3 is 5.69 Å². The molecule has 0 fully saturated rings. The van der Waals surface area contributed by atoms with E-state index in [1.54, 1.807) is 23.6 Å². The van der Waals surface area contributed by atoms with Gasteiger partial charge in [-0.2, -0.15) is 0 Å². The highest BCUT2D eigenvalue weighted by Crippen LogP contribution is 2.19. The number of para-hydroxylation sites is 2. The number of aromatic nitrogens is 2. The van der Waals surface area contributed by atoms with Crippen LogP contribution in [0, 0.1) is 5.82 Å². The number of nitrogens with zero attached hydrogens (tertiary/aromatic N) is 2. The van der Waals surface area contributed by atoms with Gasteiger partial charge in [-0.1, -0.05) is 37.3 Å². The topological polar surface area (TPSA) is 73.1 Å². The van der Waals surface area contributed by atoms with Crippen molar-refractivity contribution in [3.05, 3.63) is 92.2 Å². The van der Waals surface area contributed by atoms with E-state index in [-0.39, 0.29) is 16.9 Å². The van der Waals surface area contributed by atoms with Gasteiger partial charge in [0.25, 0.3) is 5.56 Å². The molecule has 8 heteroatoms. The number of aryl methyl sites for hydroxylation is 1. The Morgan fingerprint density at radius 3 is 2.57 bits per heavy atom. The van der Waals surface area contributed by atoms with E-state index >= 15 is 0 Å². The number of rotatable bonds is 5. The average molecular weight is 423 g/mol. The fourth-order valence-electron chi connectivity index (χ4n) is 3.37. The lowest BCUT2D eigenvalue weighted by Crippen LogP contribution is -2.40. The number of hydrogen-bond donors (Lipinski definition) is 1. The van der Waals surface area contributed by atoms with Crippen molar-refractivity contribution in [3.8, 4) is 5.69 Å². The average Bonchev–Trinajstić information content (AvgIpc) is 3.23. The zero-order chi connectivity index (χ0) is 21.3. The Morgan fingerprint density at radius 2 is 1.80 bits per heavy atom. The van der Waals surface area contributed by atoms with Crippen molar-refractivity contribution in [2.45, 2.75) is 19.9 Å². The van der Waals surface area contributed by atoms with Gasteiger partial charge in [0, 0.05) is 5.69 Å². The highest BCUT2D eigenvalue weighted by Gasteiger charge is 2.19. The molecule has 0 aliphatic carbocycles. The molecule has 4 rings (SSSR count). The molecule has 30 heavy (non-hydrogen) atoms. The van der Waals surface area contributed by atoms with Gasteiger partial charge in [-0.25, -0.2) is 13.8 Å². The van der Waals surface area contributed by atoms with Crippen LogP contribution in [-0.4, -0.2) is 15.0 Å². The fourth-order valence-corrected chi connectivity index (χ4v) is 4.19. The number of halogens is 1. The normalized spacial score (nSPS) is 11.0. The molecule has 0 aliphatic rings. The minimum atomic E-state index is -0.769. The van der Waals surface area contributed by atoms with Gasteiger partial charge in [-0.15, -0.1) is 11.3 Å². The van der Waals surface area contributed by atoms with Crippen LogP contribution in [0.25, 0.3) is 15.9 Å². The van der Waals surface area contributed by atoms with E-state index in [1.165, 1.54) is 22.8 Å². The maximum absolute atomic E-state index is 14.3. The molecule has 0 spiro atoms. The summed E-state index contributed by atoms with van der Waals surface area (Å²) in [6.45, 7) is 1.67. The highest BCUT2D eigenvalue weighted by molar-refractivity contribution is 7.17. The van der Waals surface area contributed by atoms with E-state index in [9.17, 15) is 18.8 Å². The van der Waals surface area contributed by atoms with Crippen LogP contribution in [0.15, 0.2) is 69.6 Å². The van der Waals surface area contributed by atoms with Crippen molar-refractivity contribution < 1.29 is 9.18 Å². The lowest BCUT2D eigenvalue weighted by molar-refractivity contribution is -0.116. The van der Waals surface area contributed by atoms with Crippen LogP contribution in [-0.2, 0) is 17.8 Å². The molecular weight excluding hydrogens is 405 g/mol. The summed E-state index contributed by atoms with van der Waals surface area (Å²) in [5, 5.41) is 4.49. The Balaban J connectivity index is 1.81. The number of amides is 1. The van der Waals surface area contributed by atoms with Crippen LogP contribution >= 0.6 is 11.3 Å². The third-order valence-corrected chi connectivity index (χ3v) is 5.71. The van der Waals surface area contributed by atoms with Crippen LogP contribution in [0.1, 0.15) is 12.5 Å². The first kappa shape index (κ1) is 19.8. The van der Waals surface area contributed by atoms with Crippen LogP contribution in [0.5, 0.6) is 0 Å². The quantitative estimate of drug-likeness (QED) is 0.534. The molecule has 2 aromatic carbocycles. The minimum absolute atomic E-state index is 0.145. The third-order valence-electron chi connectivity index (χ3n) is 4.82. The van der Waals surface area contributed by atoms with Crippen molar-refractivity contribution in [2.24, 2.45) is 0 Å². The van der Waals surface area contributed by atoms with Crippen molar-refractivity contribution in [3.63, 3.8) is 0 Å². The van der Waals surface area contributed by atoms with Gasteiger partial charge in [0.2, 0.25) is 5.91 Å². The molecule has 0 saturated heterocycles. The first-order valence-corrected chi connectivity index (χ1v) is 10.2. The van der Waals surface area contributed by atoms with Gasteiger partial charge < -0.3 is 5.32 Å². The molecule has 2 heterocycles. The van der Waals surface area contributed by atoms with E-state index < -0.39 is 23.0 Å². The maximum atomic E-state index is 14.3. The first-order valence-electron chi connectivity index (χ1n) is 9.37. The largest absolute Gasteiger partial charge is 0.336 e. The highest BCUT2D eigenvalue weighted by atomic mass is 32.1. The molecule has 0 atom stereocenters. The Morgan fingerprint density at radius 1 is 1.07 bits per heavy atom. The summed E-state index contributed by atoms with van der Waals surface area (Å²) in [4.78, 5) is 38.8. The lowest BCUT2D eigenvalue weighted by Gasteiger charge is -2.14. The summed E-state index contributed by atoms with van der Waals surface area (Å²) in [5.74, 6) is -1.11. The molecule has 1 amide bonds. The Bertz CT molecular complexity index is 1370. The van der Waals surface area contributed by atoms with Gasteiger partial charge in [0.05, 0.1) is 11.2 Å². The zero-order valence-corrected chi connectivity index (χ0v) is 16.9. The Hall–Kier alpha value is -3.52. The molecule has 0 bridgehead atoms.